The number of hydrogen-bond acceptors (Lipinski definition) is 5. The van der Waals surface area contributed by atoms with Crippen molar-refractivity contribution in [3.05, 3.63) is 52.0 Å². The Kier molecular flexibility index (Phi) is 11.4. The molecule has 0 aliphatic carbocycles. The standard InChI is InChI=1S/C33H49N5O2S/c1-6-26(7-2)38-30-16-14-25(19-29(30)35-31(38)20-27-12-10-18-41-27)32(39)36-28(15-13-23(4)5)33(40)34-21-24-11-9-17-37(8-3)22-24/h10,12,14,16,18-19,23-24,26,28H,6-9,11,13,15,17,20-22H2,1-5H3,(H,34,40)(H,36,39). The van der Waals surface area contributed by atoms with E-state index in [1.807, 2.05) is 18.2 Å². The number of thiophene rings is 1. The van der Waals surface area contributed by atoms with Gasteiger partial charge in [0.05, 0.1) is 11.0 Å². The van der Waals surface area contributed by atoms with Gasteiger partial charge in [-0.15, -0.1) is 11.3 Å². The first kappa shape index (κ1) is 31.2. The monoisotopic (exact) mass is 579 g/mol. The Morgan fingerprint density at radius 1 is 1.12 bits per heavy atom. The molecule has 2 aromatic heterocycles. The number of benzene rings is 1. The predicted octanol–water partition coefficient (Wildman–Crippen LogP) is 6.43. The van der Waals surface area contributed by atoms with Crippen LogP contribution in [0.3, 0.4) is 0 Å². The Balaban J connectivity index is 1.51. The molecule has 4 rings (SSSR count). The number of carbonyl (C=O) groups is 2. The minimum atomic E-state index is -0.553. The largest absolute Gasteiger partial charge is 0.354 e. The predicted molar refractivity (Wildman–Crippen MR) is 170 cm³/mol. The van der Waals surface area contributed by atoms with Crippen molar-refractivity contribution in [2.75, 3.05) is 26.2 Å². The van der Waals surface area contributed by atoms with Gasteiger partial charge in [-0.05, 0) is 93.1 Å². The number of amides is 2. The molecule has 41 heavy (non-hydrogen) atoms. The fourth-order valence-electron chi connectivity index (χ4n) is 6.03. The van der Waals surface area contributed by atoms with Crippen LogP contribution >= 0.6 is 11.3 Å². The van der Waals surface area contributed by atoms with E-state index in [1.165, 1.54) is 11.3 Å². The number of carbonyl (C=O) groups excluding carboxylic acids is 2. The van der Waals surface area contributed by atoms with Crippen molar-refractivity contribution in [1.29, 1.82) is 0 Å². The van der Waals surface area contributed by atoms with E-state index in [2.05, 4.69) is 72.2 Å². The molecule has 1 fully saturated rings. The van der Waals surface area contributed by atoms with Crippen LogP contribution < -0.4 is 10.6 Å². The van der Waals surface area contributed by atoms with Gasteiger partial charge in [0.2, 0.25) is 5.91 Å². The van der Waals surface area contributed by atoms with Gasteiger partial charge >= 0.3 is 0 Å². The van der Waals surface area contributed by atoms with Crippen LogP contribution in [0.1, 0.15) is 100 Å². The maximum absolute atomic E-state index is 13.5. The molecule has 0 saturated carbocycles. The van der Waals surface area contributed by atoms with Gasteiger partial charge in [0, 0.05) is 36.0 Å². The van der Waals surface area contributed by atoms with E-state index < -0.39 is 6.04 Å². The van der Waals surface area contributed by atoms with Crippen LogP contribution in [0.2, 0.25) is 0 Å². The maximum Gasteiger partial charge on any atom is 0.252 e. The number of fused-ring (bicyclic) bond motifs is 1. The third-order valence-corrected chi connectivity index (χ3v) is 9.39. The number of likely N-dealkylation sites (tertiary alicyclic amines) is 1. The van der Waals surface area contributed by atoms with E-state index in [0.29, 0.717) is 36.4 Å². The van der Waals surface area contributed by atoms with Gasteiger partial charge in [-0.25, -0.2) is 4.98 Å². The van der Waals surface area contributed by atoms with Crippen molar-refractivity contribution in [1.82, 2.24) is 25.1 Å². The van der Waals surface area contributed by atoms with Crippen LogP contribution in [0, 0.1) is 11.8 Å². The number of imidazole rings is 1. The van der Waals surface area contributed by atoms with Gasteiger partial charge in [-0.1, -0.05) is 40.7 Å². The third-order valence-electron chi connectivity index (χ3n) is 8.51. The number of rotatable bonds is 14. The van der Waals surface area contributed by atoms with E-state index in [-0.39, 0.29) is 11.8 Å². The van der Waals surface area contributed by atoms with E-state index in [9.17, 15) is 9.59 Å². The second-order valence-corrected chi connectivity index (χ2v) is 13.0. The lowest BCUT2D eigenvalue weighted by Crippen LogP contribution is -2.49. The third kappa shape index (κ3) is 8.19. The Hall–Kier alpha value is -2.71. The fraction of sp³-hybridized carbons (Fsp3) is 0.606. The first-order chi connectivity index (χ1) is 19.8. The van der Waals surface area contributed by atoms with Crippen molar-refractivity contribution < 1.29 is 9.59 Å². The quantitative estimate of drug-likeness (QED) is 0.231. The second-order valence-electron chi connectivity index (χ2n) is 12.0. The molecule has 0 bridgehead atoms. The molecule has 2 atom stereocenters. The molecule has 0 radical (unpaired) electrons. The Morgan fingerprint density at radius 2 is 1.93 bits per heavy atom. The van der Waals surface area contributed by atoms with Gasteiger partial charge in [0.15, 0.2) is 0 Å². The van der Waals surface area contributed by atoms with Gasteiger partial charge in [0.25, 0.3) is 5.91 Å². The normalized spacial score (nSPS) is 16.9. The Bertz CT molecular complexity index is 1260. The highest BCUT2D eigenvalue weighted by molar-refractivity contribution is 7.09. The molecular weight excluding hydrogens is 530 g/mol. The number of nitrogens with zero attached hydrogens (tertiary/aromatic N) is 3. The summed E-state index contributed by atoms with van der Waals surface area (Å²) in [5, 5.41) is 8.34. The second kappa shape index (κ2) is 15.0. The minimum Gasteiger partial charge on any atom is -0.354 e. The molecule has 1 aliphatic rings. The molecule has 3 heterocycles. The molecule has 2 N–H and O–H groups in total. The highest BCUT2D eigenvalue weighted by atomic mass is 32.1. The van der Waals surface area contributed by atoms with E-state index >= 15 is 0 Å². The van der Waals surface area contributed by atoms with Crippen LogP contribution in [-0.4, -0.2) is 58.5 Å². The van der Waals surface area contributed by atoms with Crippen molar-refractivity contribution in [3.63, 3.8) is 0 Å². The molecule has 224 valence electrons. The Morgan fingerprint density at radius 3 is 2.61 bits per heavy atom. The summed E-state index contributed by atoms with van der Waals surface area (Å²) in [7, 11) is 0. The highest BCUT2D eigenvalue weighted by Gasteiger charge is 2.25. The summed E-state index contributed by atoms with van der Waals surface area (Å²) in [4.78, 5) is 35.6. The lowest BCUT2D eigenvalue weighted by atomic mass is 9.97. The molecule has 2 unspecified atom stereocenters. The van der Waals surface area contributed by atoms with Gasteiger partial charge in [-0.2, -0.15) is 0 Å². The molecule has 1 aliphatic heterocycles. The van der Waals surface area contributed by atoms with Gasteiger partial charge in [-0.3, -0.25) is 9.59 Å². The molecule has 2 amide bonds. The average molecular weight is 580 g/mol. The zero-order chi connectivity index (χ0) is 29.4. The summed E-state index contributed by atoms with van der Waals surface area (Å²) < 4.78 is 2.36. The van der Waals surface area contributed by atoms with Crippen LogP contribution in [0.15, 0.2) is 35.7 Å². The van der Waals surface area contributed by atoms with Crippen LogP contribution in [0.5, 0.6) is 0 Å². The lowest BCUT2D eigenvalue weighted by molar-refractivity contribution is -0.123. The SMILES string of the molecule is CCC(CC)n1c(Cc2cccs2)nc2cc(C(=O)NC(CCC(C)C)C(=O)NCC3CCCN(CC)C3)ccc21. The number of piperidine rings is 1. The molecule has 0 spiro atoms. The van der Waals surface area contributed by atoms with Crippen LogP contribution in [-0.2, 0) is 11.2 Å². The Labute approximate surface area is 250 Å². The van der Waals surface area contributed by atoms with E-state index in [4.69, 9.17) is 4.98 Å². The average Bonchev–Trinajstić information content (AvgIpc) is 3.62. The first-order valence-electron chi connectivity index (χ1n) is 15.7. The van der Waals surface area contributed by atoms with Crippen molar-refractivity contribution in [3.8, 4) is 0 Å². The summed E-state index contributed by atoms with van der Waals surface area (Å²) in [5.41, 5.74) is 2.43. The highest BCUT2D eigenvalue weighted by Crippen LogP contribution is 2.28. The number of aromatic nitrogens is 2. The summed E-state index contributed by atoms with van der Waals surface area (Å²) in [6, 6.07) is 9.82. The molecule has 7 nitrogen and oxygen atoms in total. The van der Waals surface area contributed by atoms with Gasteiger partial charge < -0.3 is 20.1 Å². The summed E-state index contributed by atoms with van der Waals surface area (Å²) in [6.07, 6.45) is 6.62. The summed E-state index contributed by atoms with van der Waals surface area (Å²) in [6.45, 7) is 14.8. The minimum absolute atomic E-state index is 0.0788. The van der Waals surface area contributed by atoms with Crippen LogP contribution in [0.4, 0.5) is 0 Å². The lowest BCUT2D eigenvalue weighted by Gasteiger charge is -2.32. The van der Waals surface area contributed by atoms with Crippen molar-refractivity contribution in [2.45, 2.75) is 91.6 Å². The smallest absolute Gasteiger partial charge is 0.252 e. The van der Waals surface area contributed by atoms with E-state index in [0.717, 1.165) is 68.6 Å². The maximum atomic E-state index is 13.5. The van der Waals surface area contributed by atoms with Crippen molar-refractivity contribution in [2.24, 2.45) is 11.8 Å². The zero-order valence-corrected chi connectivity index (χ0v) is 26.4. The molecule has 1 saturated heterocycles. The number of hydrogen-bond donors (Lipinski definition) is 2. The van der Waals surface area contributed by atoms with Crippen LogP contribution in [0.25, 0.3) is 11.0 Å². The fourth-order valence-corrected chi connectivity index (χ4v) is 6.73. The number of nitrogens with one attached hydrogen (secondary N) is 2. The molecular formula is C33H49N5O2S. The van der Waals surface area contributed by atoms with Gasteiger partial charge in [0.1, 0.15) is 11.9 Å². The van der Waals surface area contributed by atoms with E-state index in [1.54, 1.807) is 11.3 Å². The summed E-state index contributed by atoms with van der Waals surface area (Å²) in [5.74, 6) is 1.65. The molecule has 3 aromatic rings. The molecule has 1 aromatic carbocycles. The zero-order valence-electron chi connectivity index (χ0n) is 25.6. The molecule has 8 heteroatoms. The topological polar surface area (TPSA) is 79.3 Å². The first-order valence-corrected chi connectivity index (χ1v) is 16.5. The summed E-state index contributed by atoms with van der Waals surface area (Å²) >= 11 is 1.74. The van der Waals surface area contributed by atoms with Crippen molar-refractivity contribution >= 4 is 34.2 Å².